The van der Waals surface area contributed by atoms with Crippen molar-refractivity contribution in [2.24, 2.45) is 0 Å². The van der Waals surface area contributed by atoms with Gasteiger partial charge in [0.2, 0.25) is 0 Å². The van der Waals surface area contributed by atoms with E-state index in [0.717, 1.165) is 123 Å². The number of ketones is 4. The molecule has 84 heavy (non-hydrogen) atoms. The van der Waals surface area contributed by atoms with E-state index in [1.165, 1.54) is 0 Å². The van der Waals surface area contributed by atoms with E-state index >= 15 is 0 Å². The van der Waals surface area contributed by atoms with E-state index < -0.39 is 10.8 Å². The van der Waals surface area contributed by atoms with Gasteiger partial charge in [0.05, 0.1) is 10.8 Å². The van der Waals surface area contributed by atoms with E-state index in [4.69, 9.17) is 0 Å². The molecule has 0 unspecified atom stereocenters. The van der Waals surface area contributed by atoms with E-state index in [0.29, 0.717) is 51.4 Å². The monoisotopic (exact) mass is 1240 g/mol. The van der Waals surface area contributed by atoms with Crippen molar-refractivity contribution in [2.45, 2.75) is 114 Å². The highest BCUT2D eigenvalue weighted by Gasteiger charge is 2.49. The second-order valence-electron chi connectivity index (χ2n) is 21.6. The number of rotatable bonds is 28. The van der Waals surface area contributed by atoms with Gasteiger partial charge < -0.3 is 19.2 Å². The quantitative estimate of drug-likeness (QED) is 0.0442. The number of halogens is 2. The minimum Gasteiger partial charge on any atom is -0.303 e. The van der Waals surface area contributed by atoms with Crippen LogP contribution in [0, 0.1) is 0 Å². The predicted molar refractivity (Wildman–Crippen MR) is 337 cm³/mol. The Bertz CT molecular complexity index is 3370. The number of Topliss-reactive ketones (excluding diaryl/α,β-unsaturated/α-hetero) is 4. The highest BCUT2D eigenvalue weighted by atomic mass is 79.9. The largest absolute Gasteiger partial charge is 0.303 e. The van der Waals surface area contributed by atoms with E-state index in [1.807, 2.05) is 24.3 Å². The minimum absolute atomic E-state index is 0.0788. The van der Waals surface area contributed by atoms with Gasteiger partial charge in [-0.1, -0.05) is 190 Å². The first-order valence-corrected chi connectivity index (χ1v) is 30.5. The van der Waals surface area contributed by atoms with E-state index in [1.54, 1.807) is 0 Å². The normalized spacial score (nSPS) is 12.8. The fraction of sp³-hybridized carbons (Fsp3) is 0.243. The van der Waals surface area contributed by atoms with Crippen LogP contribution >= 0.6 is 31.9 Å². The molecule has 0 bridgehead atoms. The number of aldehydes is 4. The molecule has 10 rings (SSSR count). The summed E-state index contributed by atoms with van der Waals surface area (Å²) in [6.07, 6.45) is 8.92. The molecular weight excluding hydrogens is 1180 g/mol. The fourth-order valence-corrected chi connectivity index (χ4v) is 13.6. The summed E-state index contributed by atoms with van der Waals surface area (Å²) in [6.45, 7) is 0. The Morgan fingerprint density at radius 3 is 0.798 bits per heavy atom. The summed E-state index contributed by atoms with van der Waals surface area (Å²) < 4.78 is 1.95. The van der Waals surface area contributed by atoms with Gasteiger partial charge in [-0.2, -0.15) is 0 Å². The Morgan fingerprint density at radius 1 is 0.286 bits per heavy atom. The van der Waals surface area contributed by atoms with Crippen molar-refractivity contribution >= 4 is 80.1 Å². The summed E-state index contributed by atoms with van der Waals surface area (Å²) >= 11 is 7.49. The molecule has 0 N–H and O–H groups in total. The fourth-order valence-electron chi connectivity index (χ4n) is 12.8. The van der Waals surface area contributed by atoms with Crippen molar-refractivity contribution in [2.75, 3.05) is 0 Å². The SMILES string of the molecule is O=CCCC(=O)CCc1ccccc1C1(c2ccccc2CCC(=O)CCC=O)c2ccccc2-c2ccc(Br)cc21.O=CCCC(=O)CCc1ccccc1C1(c2ccccc2CCC(=O)CCC=O)c2ccccc2-c2ccc(Br)cc21. The Morgan fingerprint density at radius 2 is 0.524 bits per heavy atom. The average Bonchev–Trinajstić information content (AvgIpc) is 1.71. The van der Waals surface area contributed by atoms with Crippen LogP contribution in [0.15, 0.2) is 191 Å². The van der Waals surface area contributed by atoms with Crippen LogP contribution in [-0.2, 0) is 74.9 Å². The zero-order valence-corrected chi connectivity index (χ0v) is 50.1. The van der Waals surface area contributed by atoms with Gasteiger partial charge in [0, 0.05) is 86.0 Å². The van der Waals surface area contributed by atoms with Crippen molar-refractivity contribution in [3.05, 3.63) is 258 Å². The molecule has 0 fully saturated rings. The molecule has 424 valence electrons. The van der Waals surface area contributed by atoms with Gasteiger partial charge >= 0.3 is 0 Å². The molecule has 0 heterocycles. The van der Waals surface area contributed by atoms with Crippen molar-refractivity contribution in [1.82, 2.24) is 0 Å². The molecule has 0 saturated carbocycles. The van der Waals surface area contributed by atoms with E-state index in [-0.39, 0.29) is 74.5 Å². The Labute approximate surface area is 508 Å². The average molecular weight is 1240 g/mol. The van der Waals surface area contributed by atoms with Crippen LogP contribution in [0.1, 0.15) is 144 Å². The van der Waals surface area contributed by atoms with Gasteiger partial charge in [-0.3, -0.25) is 19.2 Å². The summed E-state index contributed by atoms with van der Waals surface area (Å²) in [6, 6.07) is 63.3. The lowest BCUT2D eigenvalue weighted by Gasteiger charge is -2.37. The molecule has 10 heteroatoms. The molecule has 8 aromatic rings. The molecule has 0 saturated heterocycles. The van der Waals surface area contributed by atoms with Crippen LogP contribution < -0.4 is 0 Å². The summed E-state index contributed by atoms with van der Waals surface area (Å²) in [5.74, 6) is 0.315. The molecule has 0 atom stereocenters. The number of fused-ring (bicyclic) bond motifs is 6. The highest BCUT2D eigenvalue weighted by Crippen LogP contribution is 2.60. The van der Waals surface area contributed by atoms with E-state index in [2.05, 4.69) is 190 Å². The Balaban J connectivity index is 0.000000202. The molecule has 2 aliphatic rings. The minimum atomic E-state index is -0.680. The molecule has 0 spiro atoms. The molecule has 0 amide bonds. The van der Waals surface area contributed by atoms with Gasteiger partial charge in [0.15, 0.2) is 0 Å². The first kappa shape index (κ1) is 60.7. The van der Waals surface area contributed by atoms with Crippen LogP contribution in [0.2, 0.25) is 0 Å². The molecule has 8 nitrogen and oxygen atoms in total. The van der Waals surface area contributed by atoms with Crippen LogP contribution in [0.3, 0.4) is 0 Å². The molecule has 0 radical (unpaired) electrons. The lowest BCUT2D eigenvalue weighted by Crippen LogP contribution is -2.31. The second kappa shape index (κ2) is 28.6. The van der Waals surface area contributed by atoms with E-state index in [9.17, 15) is 38.4 Å². The first-order valence-electron chi connectivity index (χ1n) is 29.0. The van der Waals surface area contributed by atoms with Crippen molar-refractivity contribution in [3.63, 3.8) is 0 Å². The zero-order valence-electron chi connectivity index (χ0n) is 47.0. The van der Waals surface area contributed by atoms with Gasteiger partial charge in [-0.05, 0) is 139 Å². The lowest BCUT2D eigenvalue weighted by molar-refractivity contribution is -0.121. The highest BCUT2D eigenvalue weighted by molar-refractivity contribution is 9.10. The number of hydrogen-bond acceptors (Lipinski definition) is 8. The summed E-state index contributed by atoms with van der Waals surface area (Å²) in [7, 11) is 0. The standard InChI is InChI=1S/2C37H33BrO4/c2*38-28-19-22-32-31-13-3-6-16-35(31)37(36(32)25-28,33-14-4-1-9-26(33)17-20-29(41)11-7-23-39)34-15-5-2-10-27(34)18-21-30(42)12-8-24-40/h2*1-6,9-10,13-16,19,22-25H,7-8,11-12,17-18,20-21H2. The third kappa shape index (κ3) is 12.8. The third-order valence-corrected chi connectivity index (χ3v) is 17.5. The van der Waals surface area contributed by atoms with Crippen molar-refractivity contribution in [1.29, 1.82) is 0 Å². The molecule has 0 aliphatic heterocycles. The molecular formula is C74H66Br2O8. The number of benzene rings is 8. The van der Waals surface area contributed by atoms with Gasteiger partial charge in [0.25, 0.3) is 0 Å². The van der Waals surface area contributed by atoms with Crippen LogP contribution in [0.25, 0.3) is 22.3 Å². The van der Waals surface area contributed by atoms with Crippen molar-refractivity contribution in [3.8, 4) is 22.3 Å². The third-order valence-electron chi connectivity index (χ3n) is 16.6. The maximum atomic E-state index is 12.7. The lowest BCUT2D eigenvalue weighted by atomic mass is 9.64. The molecule has 2 aliphatic carbocycles. The number of carbonyl (C=O) groups is 8. The maximum absolute atomic E-state index is 12.7. The number of hydrogen-bond donors (Lipinski definition) is 0. The molecule has 0 aromatic heterocycles. The Kier molecular flexibility index (Phi) is 20.6. The summed E-state index contributed by atoms with van der Waals surface area (Å²) in [5.41, 5.74) is 16.7. The molecule has 8 aromatic carbocycles. The predicted octanol–water partition coefficient (Wildman–Crippen LogP) is 15.5. The Hall–Kier alpha value is -7.92. The summed E-state index contributed by atoms with van der Waals surface area (Å²) in [5, 5.41) is 0. The smallest absolute Gasteiger partial charge is 0.133 e. The topological polar surface area (TPSA) is 137 Å². The number of aryl methyl sites for hydroxylation is 4. The van der Waals surface area contributed by atoms with Crippen LogP contribution in [0.5, 0.6) is 0 Å². The summed E-state index contributed by atoms with van der Waals surface area (Å²) in [4.78, 5) is 94.1. The number of carbonyl (C=O) groups excluding carboxylic acids is 8. The van der Waals surface area contributed by atoms with Gasteiger partial charge in [-0.15, -0.1) is 0 Å². The van der Waals surface area contributed by atoms with Crippen LogP contribution in [-0.4, -0.2) is 48.3 Å². The van der Waals surface area contributed by atoms with Crippen LogP contribution in [0.4, 0.5) is 0 Å². The van der Waals surface area contributed by atoms with Gasteiger partial charge in [0.1, 0.15) is 48.3 Å². The van der Waals surface area contributed by atoms with Crippen molar-refractivity contribution < 1.29 is 38.4 Å². The zero-order chi connectivity index (χ0) is 59.1. The first-order chi connectivity index (χ1) is 41.0. The second-order valence-corrected chi connectivity index (χ2v) is 23.4. The van der Waals surface area contributed by atoms with Gasteiger partial charge in [-0.25, -0.2) is 0 Å². The maximum Gasteiger partial charge on any atom is 0.133 e.